The van der Waals surface area contributed by atoms with Crippen LogP contribution >= 0.6 is 11.3 Å². The van der Waals surface area contributed by atoms with Crippen LogP contribution in [0, 0.1) is 20.8 Å². The van der Waals surface area contributed by atoms with Gasteiger partial charge in [0.05, 0.1) is 24.1 Å². The number of carboxylic acids is 1. The smallest absolute Gasteiger partial charge is 0.337 e. The maximum Gasteiger partial charge on any atom is 0.337 e. The third-order valence-corrected chi connectivity index (χ3v) is 6.50. The Bertz CT molecular complexity index is 1250. The summed E-state index contributed by atoms with van der Waals surface area (Å²) in [6.45, 7) is 6.62. The summed E-state index contributed by atoms with van der Waals surface area (Å²) in [6.07, 6.45) is 0. The molecule has 2 heterocycles. The fourth-order valence-corrected chi connectivity index (χ4v) is 4.44. The highest BCUT2D eigenvalue weighted by molar-refractivity contribution is 7.13. The molecule has 0 bridgehead atoms. The van der Waals surface area contributed by atoms with Gasteiger partial charge in [0, 0.05) is 23.2 Å². The summed E-state index contributed by atoms with van der Waals surface area (Å²) in [5.74, 6) is -0.132. The van der Waals surface area contributed by atoms with E-state index < -0.39 is 5.97 Å². The van der Waals surface area contributed by atoms with Crippen molar-refractivity contribution in [1.29, 1.82) is 0 Å². The van der Waals surface area contributed by atoms with Gasteiger partial charge in [0.25, 0.3) is 0 Å². The Morgan fingerprint density at radius 3 is 2.45 bits per heavy atom. The lowest BCUT2D eigenvalue weighted by atomic mass is 10.1. The fraction of sp³-hybridized carbons (Fsp3) is 0.200. The third kappa shape index (κ3) is 4.11. The molecule has 0 unspecified atom stereocenters. The first-order valence-electron chi connectivity index (χ1n) is 9.97. The quantitative estimate of drug-likeness (QED) is 0.408. The van der Waals surface area contributed by atoms with Crippen molar-refractivity contribution in [2.75, 3.05) is 7.11 Å². The molecule has 2 aromatic carbocycles. The Morgan fingerprint density at radius 1 is 1.06 bits per heavy atom. The highest BCUT2D eigenvalue weighted by Crippen LogP contribution is 2.32. The third-order valence-electron chi connectivity index (χ3n) is 5.61. The van der Waals surface area contributed by atoms with Gasteiger partial charge in [0.15, 0.2) is 0 Å². The minimum Gasteiger partial charge on any atom is -0.497 e. The predicted octanol–water partition coefficient (Wildman–Crippen LogP) is 5.96. The van der Waals surface area contributed by atoms with E-state index in [1.165, 1.54) is 11.1 Å². The Balaban J connectivity index is 1.75. The number of carboxylic acid groups (broad SMARTS) is 1. The number of methoxy groups -OCH3 is 1. The van der Waals surface area contributed by atoms with Crippen molar-refractivity contribution in [3.63, 3.8) is 0 Å². The molecule has 31 heavy (non-hydrogen) atoms. The highest BCUT2D eigenvalue weighted by Gasteiger charge is 2.20. The predicted molar refractivity (Wildman–Crippen MR) is 124 cm³/mol. The van der Waals surface area contributed by atoms with E-state index in [1.807, 2.05) is 41.1 Å². The van der Waals surface area contributed by atoms with Crippen molar-refractivity contribution < 1.29 is 14.6 Å². The minimum atomic E-state index is -0.928. The molecule has 6 heteroatoms. The molecular weight excluding hydrogens is 408 g/mol. The Labute approximate surface area is 185 Å². The van der Waals surface area contributed by atoms with Crippen LogP contribution in [0.15, 0.2) is 53.9 Å². The van der Waals surface area contributed by atoms with Crippen molar-refractivity contribution in [1.82, 2.24) is 9.55 Å². The van der Waals surface area contributed by atoms with Gasteiger partial charge in [-0.15, -0.1) is 11.3 Å². The number of ether oxygens (including phenoxy) is 1. The number of aromatic carboxylic acids is 1. The van der Waals surface area contributed by atoms with E-state index in [0.717, 1.165) is 39.0 Å². The molecule has 0 saturated heterocycles. The van der Waals surface area contributed by atoms with Crippen LogP contribution in [0.4, 0.5) is 0 Å². The summed E-state index contributed by atoms with van der Waals surface area (Å²) in [6, 6.07) is 15.8. The zero-order valence-electron chi connectivity index (χ0n) is 18.0. The fourth-order valence-electron chi connectivity index (χ4n) is 3.62. The first kappa shape index (κ1) is 20.9. The zero-order valence-corrected chi connectivity index (χ0v) is 18.8. The topological polar surface area (TPSA) is 64.3 Å². The van der Waals surface area contributed by atoms with Gasteiger partial charge < -0.3 is 14.4 Å². The second kappa shape index (κ2) is 8.40. The van der Waals surface area contributed by atoms with E-state index >= 15 is 0 Å². The van der Waals surface area contributed by atoms with Gasteiger partial charge in [-0.05, 0) is 67.8 Å². The van der Waals surface area contributed by atoms with Crippen LogP contribution in [0.1, 0.15) is 32.7 Å². The van der Waals surface area contributed by atoms with E-state index in [-0.39, 0.29) is 0 Å². The van der Waals surface area contributed by atoms with Crippen molar-refractivity contribution in [2.45, 2.75) is 27.3 Å². The molecule has 5 nitrogen and oxygen atoms in total. The molecule has 4 aromatic rings. The van der Waals surface area contributed by atoms with E-state index in [2.05, 4.69) is 32.0 Å². The molecule has 0 aliphatic carbocycles. The first-order valence-corrected chi connectivity index (χ1v) is 10.8. The van der Waals surface area contributed by atoms with Gasteiger partial charge >= 0.3 is 5.97 Å². The number of benzene rings is 2. The van der Waals surface area contributed by atoms with E-state index in [4.69, 9.17) is 9.72 Å². The molecule has 0 fully saturated rings. The summed E-state index contributed by atoms with van der Waals surface area (Å²) in [7, 11) is 1.64. The lowest BCUT2D eigenvalue weighted by Crippen LogP contribution is -2.06. The molecule has 0 saturated carbocycles. The zero-order chi connectivity index (χ0) is 22.1. The molecule has 0 spiro atoms. The summed E-state index contributed by atoms with van der Waals surface area (Å²) in [4.78, 5) is 16.6. The summed E-state index contributed by atoms with van der Waals surface area (Å²) < 4.78 is 7.27. The van der Waals surface area contributed by atoms with Crippen LogP contribution in [-0.4, -0.2) is 27.7 Å². The lowest BCUT2D eigenvalue weighted by molar-refractivity contribution is 0.0696. The standard InChI is InChI=1S/C25H24N2O3S/c1-15-5-6-18(11-16(15)2)13-27-17(3)21(25(28)29)12-23(27)22-14-31-24(26-22)19-7-9-20(30-4)10-8-19/h5-12,14H,13H2,1-4H3,(H,28,29). The number of rotatable bonds is 6. The van der Waals surface area contributed by atoms with Gasteiger partial charge in [-0.25, -0.2) is 9.78 Å². The molecular formula is C25H24N2O3S. The van der Waals surface area contributed by atoms with Gasteiger partial charge in [0.1, 0.15) is 10.8 Å². The van der Waals surface area contributed by atoms with Crippen molar-refractivity contribution in [3.8, 4) is 27.7 Å². The molecule has 0 atom stereocenters. The highest BCUT2D eigenvalue weighted by atomic mass is 32.1. The maximum absolute atomic E-state index is 11.8. The SMILES string of the molecule is COc1ccc(-c2nc(-c3cc(C(=O)O)c(C)n3Cc3ccc(C)c(C)c3)cs2)cc1. The average Bonchev–Trinajstić information content (AvgIpc) is 3.36. The molecule has 4 rings (SSSR count). The van der Waals surface area contributed by atoms with Crippen LogP contribution in [0.3, 0.4) is 0 Å². The van der Waals surface area contributed by atoms with Crippen molar-refractivity contribution in [2.24, 2.45) is 0 Å². The van der Waals surface area contributed by atoms with Gasteiger partial charge in [-0.1, -0.05) is 18.2 Å². The Kier molecular flexibility index (Phi) is 5.65. The normalized spacial score (nSPS) is 11.0. The molecule has 0 aliphatic heterocycles. The van der Waals surface area contributed by atoms with Gasteiger partial charge in [-0.3, -0.25) is 0 Å². The van der Waals surface area contributed by atoms with Crippen LogP contribution in [0.2, 0.25) is 0 Å². The number of thiazole rings is 1. The number of hydrogen-bond donors (Lipinski definition) is 1. The number of hydrogen-bond acceptors (Lipinski definition) is 4. The lowest BCUT2D eigenvalue weighted by Gasteiger charge is -2.12. The number of aryl methyl sites for hydroxylation is 2. The van der Waals surface area contributed by atoms with Crippen LogP contribution in [-0.2, 0) is 6.54 Å². The Morgan fingerprint density at radius 2 is 1.81 bits per heavy atom. The monoisotopic (exact) mass is 432 g/mol. The molecule has 0 radical (unpaired) electrons. The number of nitrogens with zero attached hydrogens (tertiary/aromatic N) is 2. The van der Waals surface area contributed by atoms with Gasteiger partial charge in [-0.2, -0.15) is 0 Å². The maximum atomic E-state index is 11.8. The second-order valence-electron chi connectivity index (χ2n) is 7.60. The molecule has 1 N–H and O–H groups in total. The first-order chi connectivity index (χ1) is 14.9. The number of carbonyl (C=O) groups is 1. The molecule has 158 valence electrons. The molecule has 2 aromatic heterocycles. The second-order valence-corrected chi connectivity index (χ2v) is 8.46. The number of aromatic nitrogens is 2. The van der Waals surface area contributed by atoms with Crippen LogP contribution in [0.25, 0.3) is 22.0 Å². The van der Waals surface area contributed by atoms with Crippen LogP contribution < -0.4 is 4.74 Å². The van der Waals surface area contributed by atoms with E-state index in [9.17, 15) is 9.90 Å². The van der Waals surface area contributed by atoms with Gasteiger partial charge in [0.2, 0.25) is 0 Å². The minimum absolute atomic E-state index is 0.304. The van der Waals surface area contributed by atoms with Crippen molar-refractivity contribution >= 4 is 17.3 Å². The summed E-state index contributed by atoms with van der Waals surface area (Å²) >= 11 is 1.54. The van der Waals surface area contributed by atoms with E-state index in [0.29, 0.717) is 12.1 Å². The van der Waals surface area contributed by atoms with Crippen LogP contribution in [0.5, 0.6) is 5.75 Å². The van der Waals surface area contributed by atoms with Crippen molar-refractivity contribution in [3.05, 3.63) is 81.9 Å². The summed E-state index contributed by atoms with van der Waals surface area (Å²) in [5.41, 5.74) is 7.20. The largest absolute Gasteiger partial charge is 0.497 e. The average molecular weight is 433 g/mol. The Hall–Kier alpha value is -3.38. The molecule has 0 aliphatic rings. The molecule has 0 amide bonds. The van der Waals surface area contributed by atoms with E-state index in [1.54, 1.807) is 24.5 Å². The summed E-state index contributed by atoms with van der Waals surface area (Å²) in [5, 5.41) is 12.6.